The predicted molar refractivity (Wildman–Crippen MR) is 91.4 cm³/mol. The number of benzene rings is 2. The number of ether oxygens (including phenoxy) is 1. The lowest BCUT2D eigenvalue weighted by atomic mass is 9.89. The molecule has 0 spiro atoms. The number of hydrogen-bond acceptors (Lipinski definition) is 3. The lowest BCUT2D eigenvalue weighted by Gasteiger charge is -2.17. The minimum atomic E-state index is 0.310. The summed E-state index contributed by atoms with van der Waals surface area (Å²) in [6, 6.07) is 18.5. The minimum absolute atomic E-state index is 0.310. The summed E-state index contributed by atoms with van der Waals surface area (Å²) in [5.41, 5.74) is 2.56. The van der Waals surface area contributed by atoms with E-state index in [1.807, 2.05) is 18.2 Å². The summed E-state index contributed by atoms with van der Waals surface area (Å²) in [6.45, 7) is 3.81. The molecule has 0 bridgehead atoms. The Bertz CT molecular complexity index is 630. The van der Waals surface area contributed by atoms with Crippen molar-refractivity contribution in [2.75, 3.05) is 19.7 Å². The molecule has 23 heavy (non-hydrogen) atoms. The molecule has 0 aliphatic carbocycles. The van der Waals surface area contributed by atoms with Gasteiger partial charge in [-0.25, -0.2) is 0 Å². The number of carbonyl (C=O) groups excluding carboxylic acids is 1. The zero-order valence-electron chi connectivity index (χ0n) is 12.9. The molecule has 0 amide bonds. The van der Waals surface area contributed by atoms with Crippen LogP contribution < -0.4 is 0 Å². The van der Waals surface area contributed by atoms with Crippen molar-refractivity contribution >= 4 is 18.1 Å². The van der Waals surface area contributed by atoms with E-state index >= 15 is 0 Å². The van der Waals surface area contributed by atoms with E-state index in [-0.39, 0.29) is 0 Å². The van der Waals surface area contributed by atoms with Gasteiger partial charge in [-0.1, -0.05) is 54.1 Å². The highest BCUT2D eigenvalue weighted by Crippen LogP contribution is 2.34. The van der Waals surface area contributed by atoms with E-state index in [9.17, 15) is 4.79 Å². The van der Waals surface area contributed by atoms with Crippen molar-refractivity contribution in [1.29, 1.82) is 0 Å². The summed E-state index contributed by atoms with van der Waals surface area (Å²) in [7, 11) is 0. The van der Waals surface area contributed by atoms with E-state index in [0.717, 1.165) is 24.7 Å². The van der Waals surface area contributed by atoms with E-state index in [1.54, 1.807) is 0 Å². The highest BCUT2D eigenvalue weighted by molar-refractivity contribution is 6.30. The molecule has 0 aromatic heterocycles. The topological polar surface area (TPSA) is 29.5 Å². The molecule has 1 saturated heterocycles. The zero-order valence-corrected chi connectivity index (χ0v) is 13.7. The summed E-state index contributed by atoms with van der Waals surface area (Å²) < 4.78 is 5.06. The second kappa shape index (κ2) is 7.62. The summed E-state index contributed by atoms with van der Waals surface area (Å²) >= 11 is 5.99. The van der Waals surface area contributed by atoms with Crippen LogP contribution in [-0.2, 0) is 16.1 Å². The Morgan fingerprint density at radius 2 is 1.83 bits per heavy atom. The van der Waals surface area contributed by atoms with Crippen molar-refractivity contribution in [3.05, 3.63) is 70.7 Å². The third kappa shape index (κ3) is 4.12. The molecule has 1 fully saturated rings. The van der Waals surface area contributed by atoms with Crippen LogP contribution in [0.25, 0.3) is 0 Å². The number of nitrogens with zero attached hydrogens (tertiary/aromatic N) is 1. The fourth-order valence-corrected chi connectivity index (χ4v) is 3.48. The van der Waals surface area contributed by atoms with E-state index in [0.29, 0.717) is 24.9 Å². The third-order valence-electron chi connectivity index (χ3n) is 4.44. The van der Waals surface area contributed by atoms with Crippen molar-refractivity contribution in [3.8, 4) is 0 Å². The third-order valence-corrected chi connectivity index (χ3v) is 4.69. The van der Waals surface area contributed by atoms with Gasteiger partial charge in [-0.05, 0) is 23.3 Å². The van der Waals surface area contributed by atoms with Gasteiger partial charge in [0.05, 0.1) is 6.61 Å². The van der Waals surface area contributed by atoms with Crippen LogP contribution in [0.3, 0.4) is 0 Å². The smallest absolute Gasteiger partial charge is 0.293 e. The van der Waals surface area contributed by atoms with Crippen molar-refractivity contribution in [3.63, 3.8) is 0 Å². The SMILES string of the molecule is O=COCC1CN(Cc2ccccc2)CC1c1ccc(Cl)cc1. The molecule has 3 nitrogen and oxygen atoms in total. The highest BCUT2D eigenvalue weighted by atomic mass is 35.5. The van der Waals surface area contributed by atoms with Gasteiger partial charge in [0.2, 0.25) is 0 Å². The van der Waals surface area contributed by atoms with Crippen molar-refractivity contribution < 1.29 is 9.53 Å². The molecule has 2 aromatic carbocycles. The Hall–Kier alpha value is -1.84. The Kier molecular flexibility index (Phi) is 5.31. The summed E-state index contributed by atoms with van der Waals surface area (Å²) in [5, 5.41) is 0.744. The minimum Gasteiger partial charge on any atom is -0.468 e. The Morgan fingerprint density at radius 1 is 1.09 bits per heavy atom. The summed E-state index contributed by atoms with van der Waals surface area (Å²) in [6.07, 6.45) is 0. The molecule has 2 atom stereocenters. The first-order valence-electron chi connectivity index (χ1n) is 7.83. The summed E-state index contributed by atoms with van der Waals surface area (Å²) in [4.78, 5) is 13.0. The number of halogens is 1. The molecule has 0 saturated carbocycles. The van der Waals surface area contributed by atoms with Gasteiger partial charge in [-0.15, -0.1) is 0 Å². The van der Waals surface area contributed by atoms with Crippen LogP contribution >= 0.6 is 11.6 Å². The fourth-order valence-electron chi connectivity index (χ4n) is 3.35. The number of likely N-dealkylation sites (tertiary alicyclic amines) is 1. The molecule has 4 heteroatoms. The molecule has 120 valence electrons. The van der Waals surface area contributed by atoms with E-state index in [4.69, 9.17) is 16.3 Å². The first kappa shape index (κ1) is 16.0. The number of carbonyl (C=O) groups is 1. The molecule has 1 aliphatic rings. The van der Waals surface area contributed by atoms with Crippen molar-refractivity contribution in [2.45, 2.75) is 12.5 Å². The normalized spacial score (nSPS) is 21.3. The van der Waals surface area contributed by atoms with E-state index in [1.165, 1.54) is 11.1 Å². The number of rotatable bonds is 6. The van der Waals surface area contributed by atoms with Crippen LogP contribution in [0.5, 0.6) is 0 Å². The molecular weight excluding hydrogens is 310 g/mol. The molecular formula is C19H20ClNO2. The second-order valence-corrected chi connectivity index (χ2v) is 6.46. The van der Waals surface area contributed by atoms with Crippen molar-refractivity contribution in [1.82, 2.24) is 4.90 Å². The first-order valence-corrected chi connectivity index (χ1v) is 8.21. The highest BCUT2D eigenvalue weighted by Gasteiger charge is 2.34. The van der Waals surface area contributed by atoms with Gasteiger partial charge in [0.25, 0.3) is 6.47 Å². The predicted octanol–water partition coefficient (Wildman–Crippen LogP) is 3.73. The Labute approximate surface area is 141 Å². The van der Waals surface area contributed by atoms with Gasteiger partial charge >= 0.3 is 0 Å². The van der Waals surface area contributed by atoms with Gasteiger partial charge in [0.1, 0.15) is 0 Å². The maximum Gasteiger partial charge on any atom is 0.293 e. The average molecular weight is 330 g/mol. The largest absolute Gasteiger partial charge is 0.468 e. The molecule has 1 aliphatic heterocycles. The molecule has 2 aromatic rings. The van der Waals surface area contributed by atoms with Crippen LogP contribution in [0.15, 0.2) is 54.6 Å². The lowest BCUT2D eigenvalue weighted by molar-refractivity contribution is -0.129. The Balaban J connectivity index is 1.73. The van der Waals surface area contributed by atoms with Crippen LogP contribution in [0.2, 0.25) is 5.02 Å². The van der Waals surface area contributed by atoms with Crippen LogP contribution in [0.1, 0.15) is 17.0 Å². The van der Waals surface area contributed by atoms with Gasteiger partial charge in [-0.2, -0.15) is 0 Å². The van der Waals surface area contributed by atoms with Gasteiger partial charge < -0.3 is 4.74 Å². The summed E-state index contributed by atoms with van der Waals surface area (Å²) in [5.74, 6) is 0.668. The lowest BCUT2D eigenvalue weighted by Crippen LogP contribution is -2.21. The molecule has 1 heterocycles. The maximum absolute atomic E-state index is 10.6. The molecule has 2 unspecified atom stereocenters. The average Bonchev–Trinajstić information content (AvgIpc) is 2.97. The first-order chi connectivity index (χ1) is 11.3. The Morgan fingerprint density at radius 3 is 2.52 bits per heavy atom. The van der Waals surface area contributed by atoms with Crippen LogP contribution in [0, 0.1) is 5.92 Å². The second-order valence-electron chi connectivity index (χ2n) is 6.03. The fraction of sp³-hybridized carbons (Fsp3) is 0.316. The van der Waals surface area contributed by atoms with Gasteiger partial charge in [0, 0.05) is 36.5 Å². The standard InChI is InChI=1S/C19H20ClNO2/c20-18-8-6-16(7-9-18)19-12-21(11-17(19)13-23-14-22)10-15-4-2-1-3-5-15/h1-9,14,17,19H,10-13H2. The van der Waals surface area contributed by atoms with Gasteiger partial charge in [-0.3, -0.25) is 9.69 Å². The quantitative estimate of drug-likeness (QED) is 0.756. The maximum atomic E-state index is 10.6. The molecule has 0 radical (unpaired) electrons. The molecule has 3 rings (SSSR count). The van der Waals surface area contributed by atoms with Crippen LogP contribution in [0.4, 0.5) is 0 Å². The number of hydrogen-bond donors (Lipinski definition) is 0. The van der Waals surface area contributed by atoms with Gasteiger partial charge in [0.15, 0.2) is 0 Å². The van der Waals surface area contributed by atoms with Crippen molar-refractivity contribution in [2.24, 2.45) is 5.92 Å². The van der Waals surface area contributed by atoms with E-state index < -0.39 is 0 Å². The van der Waals surface area contributed by atoms with E-state index in [2.05, 4.69) is 41.3 Å². The zero-order chi connectivity index (χ0) is 16.1. The molecule has 0 N–H and O–H groups in total. The monoisotopic (exact) mass is 329 g/mol. The van der Waals surface area contributed by atoms with Crippen LogP contribution in [-0.4, -0.2) is 31.1 Å².